The Morgan fingerprint density at radius 3 is 2.59 bits per heavy atom. The number of amides is 1. The van der Waals surface area contributed by atoms with E-state index in [0.29, 0.717) is 28.7 Å². The van der Waals surface area contributed by atoms with Crippen molar-refractivity contribution in [2.75, 3.05) is 17.3 Å². The summed E-state index contributed by atoms with van der Waals surface area (Å²) in [5.74, 6) is 1.48. The van der Waals surface area contributed by atoms with Crippen molar-refractivity contribution >= 4 is 23.4 Å². The quantitative estimate of drug-likeness (QED) is 0.435. The number of anilines is 1. The zero-order valence-corrected chi connectivity index (χ0v) is 19.3. The lowest BCUT2D eigenvalue weighted by atomic mass is 10.0. The largest absolute Gasteiger partial charge is 0.494 e. The van der Waals surface area contributed by atoms with Crippen LogP contribution in [0.2, 0.25) is 0 Å². The number of benzene rings is 2. The maximum Gasteiger partial charge on any atom is 0.325 e. The van der Waals surface area contributed by atoms with Crippen molar-refractivity contribution in [1.29, 1.82) is 0 Å². The summed E-state index contributed by atoms with van der Waals surface area (Å²) in [4.78, 5) is 30.7. The van der Waals surface area contributed by atoms with Crippen LogP contribution in [0.4, 0.5) is 5.69 Å². The zero-order chi connectivity index (χ0) is 22.7. The standard InChI is InChI=1S/C24H26N4O3S/c1-4-14-31-18-12-10-17(11-13-18)23-27(16(3)29)20-9-7-6-8-19(20)21-22(30)25-24(26-28(21)23)32-15-5-2/h6-13,23H,4-5,14-15H2,1-3H3/p+1/t23-/m0/s1. The molecule has 4 rings (SSSR count). The lowest BCUT2D eigenvalue weighted by molar-refractivity contribution is -0.763. The van der Waals surface area contributed by atoms with E-state index >= 15 is 0 Å². The van der Waals surface area contributed by atoms with E-state index in [0.717, 1.165) is 29.9 Å². The van der Waals surface area contributed by atoms with Crippen molar-refractivity contribution in [3.05, 3.63) is 64.4 Å². The molecule has 0 saturated carbocycles. The molecule has 0 bridgehead atoms. The molecule has 1 aliphatic heterocycles. The Kier molecular flexibility index (Phi) is 6.60. The van der Waals surface area contributed by atoms with Gasteiger partial charge in [-0.3, -0.25) is 14.6 Å². The summed E-state index contributed by atoms with van der Waals surface area (Å²) >= 11 is 1.50. The molecule has 2 heterocycles. The monoisotopic (exact) mass is 451 g/mol. The average molecular weight is 452 g/mol. The van der Waals surface area contributed by atoms with Gasteiger partial charge in [0.25, 0.3) is 6.17 Å². The molecule has 2 aromatic carbocycles. The highest BCUT2D eigenvalue weighted by Gasteiger charge is 2.44. The SMILES string of the molecule is CCCOc1ccc([C@H]2N(C(C)=O)c3ccccc3-c3c(=O)[nH]c(SCCC)n[n+]32)cc1. The van der Waals surface area contributed by atoms with Crippen LogP contribution < -0.4 is 19.9 Å². The van der Waals surface area contributed by atoms with E-state index in [1.54, 1.807) is 9.58 Å². The van der Waals surface area contributed by atoms with Crippen LogP contribution in [0.1, 0.15) is 45.3 Å². The molecule has 8 heteroatoms. The van der Waals surface area contributed by atoms with Crippen molar-refractivity contribution < 1.29 is 14.2 Å². The van der Waals surface area contributed by atoms with Gasteiger partial charge in [-0.25, -0.2) is 4.90 Å². The second kappa shape index (κ2) is 9.56. The predicted octanol–water partition coefficient (Wildman–Crippen LogP) is 3.93. The molecule has 0 aliphatic carbocycles. The predicted molar refractivity (Wildman–Crippen MR) is 125 cm³/mol. The second-order valence-electron chi connectivity index (χ2n) is 7.60. The van der Waals surface area contributed by atoms with Gasteiger partial charge >= 0.3 is 11.3 Å². The van der Waals surface area contributed by atoms with Crippen molar-refractivity contribution in [2.45, 2.75) is 44.9 Å². The fourth-order valence-electron chi connectivity index (χ4n) is 3.83. The van der Waals surface area contributed by atoms with Crippen molar-refractivity contribution in [2.24, 2.45) is 0 Å². The third-order valence-electron chi connectivity index (χ3n) is 5.19. The van der Waals surface area contributed by atoms with Gasteiger partial charge in [0.05, 0.1) is 17.9 Å². The number of thioether (sulfide) groups is 1. The summed E-state index contributed by atoms with van der Waals surface area (Å²) in [5, 5.41) is 5.31. The van der Waals surface area contributed by atoms with Gasteiger partial charge in [-0.1, -0.05) is 37.7 Å². The number of hydrogen-bond acceptors (Lipinski definition) is 5. The van der Waals surface area contributed by atoms with E-state index in [2.05, 4.69) is 18.8 Å². The number of nitrogens with one attached hydrogen (secondary N) is 1. The van der Waals surface area contributed by atoms with E-state index < -0.39 is 6.17 Å². The van der Waals surface area contributed by atoms with E-state index in [1.807, 2.05) is 48.5 Å². The molecule has 1 N–H and O–H groups in total. The van der Waals surface area contributed by atoms with Gasteiger partial charge in [0.2, 0.25) is 11.1 Å². The molecule has 1 amide bonds. The number of nitrogens with zero attached hydrogens (tertiary/aromatic N) is 3. The van der Waals surface area contributed by atoms with Crippen LogP contribution in [0.5, 0.6) is 5.75 Å². The molecule has 0 radical (unpaired) electrons. The summed E-state index contributed by atoms with van der Waals surface area (Å²) in [6.07, 6.45) is 1.30. The number of hydrogen-bond donors (Lipinski definition) is 1. The van der Waals surface area contributed by atoms with E-state index in [9.17, 15) is 9.59 Å². The lowest BCUT2D eigenvalue weighted by Gasteiger charge is -2.31. The molecule has 0 saturated heterocycles. The first-order valence-corrected chi connectivity index (χ1v) is 11.8. The van der Waals surface area contributed by atoms with E-state index in [4.69, 9.17) is 9.84 Å². The Balaban J connectivity index is 1.91. The Morgan fingerprint density at radius 1 is 1.16 bits per heavy atom. The van der Waals surface area contributed by atoms with Gasteiger partial charge in [0.1, 0.15) is 5.75 Å². The number of H-pyrrole nitrogens is 1. The third-order valence-corrected chi connectivity index (χ3v) is 6.26. The average Bonchev–Trinajstić information content (AvgIpc) is 2.80. The van der Waals surface area contributed by atoms with Crippen LogP contribution in [0, 0.1) is 0 Å². The molecular formula is C24H27N4O3S+. The minimum absolute atomic E-state index is 0.128. The van der Waals surface area contributed by atoms with Gasteiger partial charge in [0, 0.05) is 23.3 Å². The lowest BCUT2D eigenvalue weighted by Crippen LogP contribution is -2.60. The summed E-state index contributed by atoms with van der Waals surface area (Å²) in [6.45, 7) is 6.31. The Morgan fingerprint density at radius 2 is 1.91 bits per heavy atom. The first-order chi connectivity index (χ1) is 15.5. The molecule has 7 nitrogen and oxygen atoms in total. The van der Waals surface area contributed by atoms with Crippen LogP contribution >= 0.6 is 11.8 Å². The fourth-order valence-corrected chi connectivity index (χ4v) is 4.54. The highest BCUT2D eigenvalue weighted by Crippen LogP contribution is 2.37. The van der Waals surface area contributed by atoms with Crippen LogP contribution in [-0.2, 0) is 4.79 Å². The number of rotatable bonds is 7. The van der Waals surface area contributed by atoms with Gasteiger partial charge in [0.15, 0.2) is 0 Å². The summed E-state index contributed by atoms with van der Waals surface area (Å²) < 4.78 is 7.40. The fraction of sp³-hybridized carbons (Fsp3) is 0.333. The topological polar surface area (TPSA) is 79.2 Å². The van der Waals surface area contributed by atoms with Crippen LogP contribution in [0.25, 0.3) is 11.3 Å². The molecule has 3 aromatic rings. The van der Waals surface area contributed by atoms with Crippen molar-refractivity contribution in [3.63, 3.8) is 0 Å². The van der Waals surface area contributed by atoms with Crippen LogP contribution in [0.3, 0.4) is 0 Å². The first-order valence-electron chi connectivity index (χ1n) is 10.9. The van der Waals surface area contributed by atoms with Crippen LogP contribution in [0.15, 0.2) is 58.5 Å². The maximum atomic E-state index is 13.2. The third kappa shape index (κ3) is 4.14. The summed E-state index contributed by atoms with van der Waals surface area (Å²) in [6, 6.07) is 15.1. The normalized spacial score (nSPS) is 14.6. The summed E-state index contributed by atoms with van der Waals surface area (Å²) in [7, 11) is 0. The smallest absolute Gasteiger partial charge is 0.325 e. The second-order valence-corrected chi connectivity index (χ2v) is 8.68. The van der Waals surface area contributed by atoms with Gasteiger partial charge in [-0.15, -0.1) is 0 Å². The molecule has 1 aliphatic rings. The van der Waals surface area contributed by atoms with E-state index in [1.165, 1.54) is 18.7 Å². The zero-order valence-electron chi connectivity index (χ0n) is 18.5. The maximum absolute atomic E-state index is 13.2. The Bertz CT molecular complexity index is 1180. The van der Waals surface area contributed by atoms with Gasteiger partial charge < -0.3 is 4.74 Å². The molecule has 166 valence electrons. The van der Waals surface area contributed by atoms with E-state index in [-0.39, 0.29) is 11.5 Å². The Labute approximate surface area is 191 Å². The number of aromatic nitrogens is 3. The highest BCUT2D eigenvalue weighted by atomic mass is 32.2. The van der Waals surface area contributed by atoms with Gasteiger partial charge in [-0.05, 0) is 53.9 Å². The van der Waals surface area contributed by atoms with Crippen molar-refractivity contribution in [1.82, 2.24) is 10.1 Å². The number of para-hydroxylation sites is 1. The highest BCUT2D eigenvalue weighted by molar-refractivity contribution is 7.99. The number of ether oxygens (including phenoxy) is 1. The number of fused-ring (bicyclic) bond motifs is 3. The minimum atomic E-state index is -0.582. The number of aromatic amines is 1. The Hall–Kier alpha value is -3.13. The molecule has 32 heavy (non-hydrogen) atoms. The number of carbonyl (C=O) groups is 1. The van der Waals surface area contributed by atoms with Crippen molar-refractivity contribution in [3.8, 4) is 17.0 Å². The molecule has 1 atom stereocenters. The molecular weight excluding hydrogens is 424 g/mol. The molecule has 0 fully saturated rings. The minimum Gasteiger partial charge on any atom is -0.494 e. The van der Waals surface area contributed by atoms with Crippen LogP contribution in [-0.4, -0.2) is 28.3 Å². The molecule has 0 spiro atoms. The first kappa shape index (κ1) is 22.1. The number of carbonyl (C=O) groups excluding carboxylic acids is 1. The molecule has 0 unspecified atom stereocenters. The van der Waals surface area contributed by atoms with Gasteiger partial charge in [-0.2, -0.15) is 0 Å². The molecule has 1 aromatic heterocycles. The summed E-state index contributed by atoms with van der Waals surface area (Å²) in [5.41, 5.74) is 2.44.